The first kappa shape index (κ1) is 14.3. The highest BCUT2D eigenvalue weighted by Gasteiger charge is 2.10. The monoisotopic (exact) mass is 268 g/mol. The molecule has 0 N–H and O–H groups in total. The van der Waals surface area contributed by atoms with Crippen LogP contribution in [0, 0.1) is 13.8 Å². The van der Waals surface area contributed by atoms with Crippen LogP contribution in [-0.4, -0.2) is 5.97 Å². The van der Waals surface area contributed by atoms with Crippen molar-refractivity contribution in [1.82, 2.24) is 0 Å². The van der Waals surface area contributed by atoms with Gasteiger partial charge >= 0.3 is 5.97 Å². The maximum atomic E-state index is 12.1. The van der Waals surface area contributed by atoms with E-state index in [9.17, 15) is 4.79 Å². The number of aryl methyl sites for hydroxylation is 2. The van der Waals surface area contributed by atoms with Crippen LogP contribution in [0.1, 0.15) is 40.4 Å². The van der Waals surface area contributed by atoms with E-state index in [2.05, 4.69) is 6.92 Å². The maximum Gasteiger partial charge on any atom is 0.343 e. The van der Waals surface area contributed by atoms with Gasteiger partial charge < -0.3 is 4.74 Å². The van der Waals surface area contributed by atoms with Gasteiger partial charge in [-0.25, -0.2) is 4.79 Å². The van der Waals surface area contributed by atoms with Gasteiger partial charge in [0.15, 0.2) is 0 Å². The predicted molar refractivity (Wildman–Crippen MR) is 81.3 cm³/mol. The van der Waals surface area contributed by atoms with E-state index >= 15 is 0 Å². The molecule has 0 unspecified atom stereocenters. The first-order chi connectivity index (χ1) is 9.61. The molecule has 0 heterocycles. The zero-order chi connectivity index (χ0) is 14.5. The van der Waals surface area contributed by atoms with Gasteiger partial charge in [0.25, 0.3) is 0 Å². The minimum absolute atomic E-state index is 0.304. The van der Waals surface area contributed by atoms with Crippen molar-refractivity contribution in [3.05, 3.63) is 64.7 Å². The second-order valence-corrected chi connectivity index (χ2v) is 5.03. The smallest absolute Gasteiger partial charge is 0.343 e. The second-order valence-electron chi connectivity index (χ2n) is 5.03. The van der Waals surface area contributed by atoms with Crippen molar-refractivity contribution in [2.75, 3.05) is 0 Å². The summed E-state index contributed by atoms with van der Waals surface area (Å²) >= 11 is 0. The van der Waals surface area contributed by atoms with Gasteiger partial charge in [0.1, 0.15) is 5.75 Å². The normalized spacial score (nSPS) is 10.3. The van der Waals surface area contributed by atoms with Gasteiger partial charge in [-0.2, -0.15) is 0 Å². The SMILES string of the molecule is CCCc1ccc(C(=O)Oc2cccc(C)c2C)cc1. The molecule has 0 aliphatic heterocycles. The average Bonchev–Trinajstić information content (AvgIpc) is 2.45. The van der Waals surface area contributed by atoms with Crippen molar-refractivity contribution in [2.45, 2.75) is 33.6 Å². The molecule has 104 valence electrons. The lowest BCUT2D eigenvalue weighted by Gasteiger charge is -2.09. The van der Waals surface area contributed by atoms with Crippen LogP contribution in [0.5, 0.6) is 5.75 Å². The van der Waals surface area contributed by atoms with Crippen LogP contribution < -0.4 is 4.74 Å². The molecule has 20 heavy (non-hydrogen) atoms. The van der Waals surface area contributed by atoms with Crippen molar-refractivity contribution < 1.29 is 9.53 Å². The lowest BCUT2D eigenvalue weighted by molar-refractivity contribution is 0.0733. The van der Waals surface area contributed by atoms with Crippen molar-refractivity contribution in [2.24, 2.45) is 0 Å². The molecule has 0 radical (unpaired) electrons. The van der Waals surface area contributed by atoms with Gasteiger partial charge in [0, 0.05) is 0 Å². The third-order valence-corrected chi connectivity index (χ3v) is 3.49. The zero-order valence-corrected chi connectivity index (χ0v) is 12.3. The van der Waals surface area contributed by atoms with Crippen molar-refractivity contribution in [3.8, 4) is 5.75 Å². The summed E-state index contributed by atoms with van der Waals surface area (Å²) in [6.45, 7) is 6.11. The molecular weight excluding hydrogens is 248 g/mol. The van der Waals surface area contributed by atoms with Gasteiger partial charge in [-0.3, -0.25) is 0 Å². The van der Waals surface area contributed by atoms with E-state index in [1.54, 1.807) is 0 Å². The second kappa shape index (κ2) is 6.38. The molecule has 2 aromatic rings. The Morgan fingerprint density at radius 2 is 1.75 bits per heavy atom. The van der Waals surface area contributed by atoms with Crippen LogP contribution in [-0.2, 0) is 6.42 Å². The average molecular weight is 268 g/mol. The Hall–Kier alpha value is -2.09. The van der Waals surface area contributed by atoms with E-state index < -0.39 is 0 Å². The molecule has 0 spiro atoms. The third kappa shape index (κ3) is 3.27. The fourth-order valence-electron chi connectivity index (χ4n) is 2.09. The van der Waals surface area contributed by atoms with Gasteiger partial charge in [-0.15, -0.1) is 0 Å². The summed E-state index contributed by atoms with van der Waals surface area (Å²) in [7, 11) is 0. The summed E-state index contributed by atoms with van der Waals surface area (Å²) in [6.07, 6.45) is 2.14. The minimum Gasteiger partial charge on any atom is -0.423 e. The molecular formula is C18H20O2. The summed E-state index contributed by atoms with van der Waals surface area (Å²) in [5, 5.41) is 0. The van der Waals surface area contributed by atoms with Gasteiger partial charge in [0.2, 0.25) is 0 Å². The van der Waals surface area contributed by atoms with Crippen LogP contribution >= 0.6 is 0 Å². The molecule has 0 bridgehead atoms. The number of carbonyl (C=O) groups is 1. The summed E-state index contributed by atoms with van der Waals surface area (Å²) in [4.78, 5) is 12.1. The number of hydrogen-bond donors (Lipinski definition) is 0. The van der Waals surface area contributed by atoms with E-state index in [0.29, 0.717) is 11.3 Å². The zero-order valence-electron chi connectivity index (χ0n) is 12.3. The van der Waals surface area contributed by atoms with E-state index in [-0.39, 0.29) is 5.97 Å². The molecule has 2 heteroatoms. The molecule has 0 amide bonds. The van der Waals surface area contributed by atoms with E-state index in [4.69, 9.17) is 4.74 Å². The Morgan fingerprint density at radius 1 is 1.05 bits per heavy atom. The van der Waals surface area contributed by atoms with Crippen LogP contribution in [0.2, 0.25) is 0 Å². The van der Waals surface area contributed by atoms with E-state index in [0.717, 1.165) is 24.0 Å². The molecule has 0 fully saturated rings. The van der Waals surface area contributed by atoms with Crippen LogP contribution in [0.3, 0.4) is 0 Å². The number of hydrogen-bond acceptors (Lipinski definition) is 2. The topological polar surface area (TPSA) is 26.3 Å². The largest absolute Gasteiger partial charge is 0.423 e. The third-order valence-electron chi connectivity index (χ3n) is 3.49. The quantitative estimate of drug-likeness (QED) is 0.604. The van der Waals surface area contributed by atoms with Gasteiger partial charge in [-0.05, 0) is 55.2 Å². The van der Waals surface area contributed by atoms with Gasteiger partial charge in [0.05, 0.1) is 5.56 Å². The molecule has 0 saturated carbocycles. The summed E-state index contributed by atoms with van der Waals surface area (Å²) in [6, 6.07) is 13.4. The lowest BCUT2D eigenvalue weighted by atomic mass is 10.1. The van der Waals surface area contributed by atoms with E-state index in [1.165, 1.54) is 5.56 Å². The summed E-state index contributed by atoms with van der Waals surface area (Å²) in [5.74, 6) is 0.328. The Bertz CT molecular complexity index is 597. The van der Waals surface area contributed by atoms with Crippen molar-refractivity contribution >= 4 is 5.97 Å². The Morgan fingerprint density at radius 3 is 2.40 bits per heavy atom. The lowest BCUT2D eigenvalue weighted by Crippen LogP contribution is -2.09. The molecule has 0 aromatic heterocycles. The van der Waals surface area contributed by atoms with Crippen LogP contribution in [0.15, 0.2) is 42.5 Å². The van der Waals surface area contributed by atoms with Gasteiger partial charge in [-0.1, -0.05) is 37.6 Å². The summed E-state index contributed by atoms with van der Waals surface area (Å²) in [5.41, 5.74) is 3.96. The molecule has 2 aromatic carbocycles. The highest BCUT2D eigenvalue weighted by Crippen LogP contribution is 2.21. The molecule has 2 rings (SSSR count). The van der Waals surface area contributed by atoms with Crippen molar-refractivity contribution in [3.63, 3.8) is 0 Å². The summed E-state index contributed by atoms with van der Waals surface area (Å²) < 4.78 is 5.47. The Labute approximate surface area is 120 Å². The number of rotatable bonds is 4. The number of ether oxygens (including phenoxy) is 1. The maximum absolute atomic E-state index is 12.1. The highest BCUT2D eigenvalue weighted by molar-refractivity contribution is 5.91. The predicted octanol–water partition coefficient (Wildman–Crippen LogP) is 4.48. The molecule has 0 aliphatic rings. The number of carbonyl (C=O) groups excluding carboxylic acids is 1. The van der Waals surface area contributed by atoms with E-state index in [1.807, 2.05) is 56.3 Å². The minimum atomic E-state index is -0.304. The first-order valence-corrected chi connectivity index (χ1v) is 6.99. The fraction of sp³-hybridized carbons (Fsp3) is 0.278. The fourth-order valence-corrected chi connectivity index (χ4v) is 2.09. The van der Waals surface area contributed by atoms with Crippen molar-refractivity contribution in [1.29, 1.82) is 0 Å². The number of esters is 1. The Kier molecular flexibility index (Phi) is 4.57. The molecule has 2 nitrogen and oxygen atoms in total. The van der Waals surface area contributed by atoms with Crippen LogP contribution in [0.4, 0.5) is 0 Å². The van der Waals surface area contributed by atoms with Crippen LogP contribution in [0.25, 0.3) is 0 Å². The highest BCUT2D eigenvalue weighted by atomic mass is 16.5. The first-order valence-electron chi connectivity index (χ1n) is 6.99. The Balaban J connectivity index is 2.13. The number of benzene rings is 2. The molecule has 0 saturated heterocycles. The molecule has 0 aliphatic carbocycles. The standard InChI is InChI=1S/C18H20O2/c1-4-6-15-9-11-16(12-10-15)18(19)20-17-8-5-7-13(2)14(17)3/h5,7-12H,4,6H2,1-3H3. The molecule has 0 atom stereocenters.